The van der Waals surface area contributed by atoms with E-state index in [-0.39, 0.29) is 25.6 Å². The van der Waals surface area contributed by atoms with Gasteiger partial charge < -0.3 is 20.8 Å². The maximum atomic E-state index is 11.3. The van der Waals surface area contributed by atoms with Gasteiger partial charge in [0.2, 0.25) is 5.91 Å². The van der Waals surface area contributed by atoms with E-state index in [1.165, 1.54) is 6.92 Å². The number of hydrogen-bond acceptors (Lipinski definition) is 4. The minimum Gasteiger partial charge on any atom is -0.393 e. The van der Waals surface area contributed by atoms with Gasteiger partial charge in [0.15, 0.2) is 0 Å². The van der Waals surface area contributed by atoms with Crippen LogP contribution in [0.5, 0.6) is 0 Å². The molecule has 96 valence electrons. The lowest BCUT2D eigenvalue weighted by molar-refractivity contribution is -0.120. The van der Waals surface area contributed by atoms with Crippen LogP contribution in [0.25, 0.3) is 0 Å². The Kier molecular flexibility index (Phi) is 7.29. The fraction of sp³-hybridized carbons (Fsp3) is 0.909. The molecule has 0 aliphatic heterocycles. The second-order valence-corrected chi connectivity index (χ2v) is 4.79. The lowest BCUT2D eigenvalue weighted by Crippen LogP contribution is -2.44. The van der Waals surface area contributed by atoms with Gasteiger partial charge in [0.05, 0.1) is 18.8 Å². The number of carbonyl (C=O) groups excluding carboxylic acids is 1. The average Bonchev–Trinajstić information content (AvgIpc) is 2.17. The van der Waals surface area contributed by atoms with Gasteiger partial charge in [-0.05, 0) is 19.3 Å². The summed E-state index contributed by atoms with van der Waals surface area (Å²) in [5, 5.41) is 23.8. The lowest BCUT2D eigenvalue weighted by atomic mass is 10.1. The van der Waals surface area contributed by atoms with E-state index in [2.05, 4.69) is 24.5 Å². The third-order valence-corrected chi connectivity index (χ3v) is 2.18. The molecule has 0 bridgehead atoms. The van der Waals surface area contributed by atoms with E-state index >= 15 is 0 Å². The normalized spacial score (nSPS) is 14.9. The third kappa shape index (κ3) is 8.64. The SMILES string of the molecule is CC(C)CCNC(=O)CNCC(C)(O)CO. The molecule has 0 saturated carbocycles. The zero-order valence-corrected chi connectivity index (χ0v) is 10.4. The van der Waals surface area contributed by atoms with Crippen LogP contribution < -0.4 is 10.6 Å². The molecule has 4 N–H and O–H groups in total. The van der Waals surface area contributed by atoms with Crippen LogP contribution in [0.2, 0.25) is 0 Å². The van der Waals surface area contributed by atoms with Gasteiger partial charge in [-0.1, -0.05) is 13.8 Å². The van der Waals surface area contributed by atoms with Crippen molar-refractivity contribution in [3.63, 3.8) is 0 Å². The first-order valence-electron chi connectivity index (χ1n) is 5.68. The molecule has 0 rings (SSSR count). The molecule has 0 aromatic rings. The molecule has 0 aromatic carbocycles. The van der Waals surface area contributed by atoms with Gasteiger partial charge in [-0.2, -0.15) is 0 Å². The van der Waals surface area contributed by atoms with Crippen LogP contribution in [0.3, 0.4) is 0 Å². The van der Waals surface area contributed by atoms with Crippen molar-refractivity contribution in [2.75, 3.05) is 26.2 Å². The fourth-order valence-electron chi connectivity index (χ4n) is 1.06. The monoisotopic (exact) mass is 232 g/mol. The molecule has 1 unspecified atom stereocenters. The van der Waals surface area contributed by atoms with Crippen LogP contribution in [0, 0.1) is 5.92 Å². The Labute approximate surface area is 97.2 Å². The number of aliphatic hydroxyl groups excluding tert-OH is 1. The highest BCUT2D eigenvalue weighted by Crippen LogP contribution is 1.98. The van der Waals surface area contributed by atoms with Crippen LogP contribution in [-0.2, 0) is 4.79 Å². The third-order valence-electron chi connectivity index (χ3n) is 2.18. The molecule has 0 fully saturated rings. The summed E-state index contributed by atoms with van der Waals surface area (Å²) < 4.78 is 0. The number of amides is 1. The summed E-state index contributed by atoms with van der Waals surface area (Å²) in [7, 11) is 0. The van der Waals surface area contributed by atoms with E-state index < -0.39 is 5.60 Å². The van der Waals surface area contributed by atoms with Crippen molar-refractivity contribution < 1.29 is 15.0 Å². The van der Waals surface area contributed by atoms with Gasteiger partial charge in [0.1, 0.15) is 0 Å². The van der Waals surface area contributed by atoms with E-state index in [0.29, 0.717) is 12.5 Å². The first-order valence-corrected chi connectivity index (χ1v) is 5.68. The molecule has 0 radical (unpaired) electrons. The molecule has 1 amide bonds. The highest BCUT2D eigenvalue weighted by atomic mass is 16.3. The Morgan fingerprint density at radius 1 is 1.44 bits per heavy atom. The molecule has 0 saturated heterocycles. The van der Waals surface area contributed by atoms with E-state index in [9.17, 15) is 9.90 Å². The number of rotatable bonds is 8. The predicted octanol–water partition coefficient (Wildman–Crippen LogP) is -0.518. The van der Waals surface area contributed by atoms with E-state index in [1.807, 2.05) is 0 Å². The maximum Gasteiger partial charge on any atom is 0.233 e. The van der Waals surface area contributed by atoms with Crippen molar-refractivity contribution in [2.45, 2.75) is 32.8 Å². The Balaban J connectivity index is 3.51. The molecule has 5 heteroatoms. The van der Waals surface area contributed by atoms with Gasteiger partial charge in [-0.3, -0.25) is 4.79 Å². The Hall–Kier alpha value is -0.650. The molecule has 0 aliphatic rings. The minimum absolute atomic E-state index is 0.0885. The molecule has 1 atom stereocenters. The van der Waals surface area contributed by atoms with E-state index in [1.54, 1.807) is 0 Å². The maximum absolute atomic E-state index is 11.3. The number of hydrogen-bond donors (Lipinski definition) is 4. The first-order chi connectivity index (χ1) is 7.37. The lowest BCUT2D eigenvalue weighted by Gasteiger charge is -2.20. The number of aliphatic hydroxyl groups is 2. The Morgan fingerprint density at radius 3 is 2.56 bits per heavy atom. The summed E-state index contributed by atoms with van der Waals surface area (Å²) >= 11 is 0. The van der Waals surface area contributed by atoms with Crippen LogP contribution in [0.15, 0.2) is 0 Å². The molecule has 0 spiro atoms. The topological polar surface area (TPSA) is 81.6 Å². The van der Waals surface area contributed by atoms with Crippen molar-refractivity contribution >= 4 is 5.91 Å². The Bertz CT molecular complexity index is 205. The van der Waals surface area contributed by atoms with Crippen molar-refractivity contribution in [2.24, 2.45) is 5.92 Å². The molecule has 16 heavy (non-hydrogen) atoms. The van der Waals surface area contributed by atoms with Crippen molar-refractivity contribution in [1.29, 1.82) is 0 Å². The standard InChI is InChI=1S/C11H24N2O3/c1-9(2)4-5-13-10(15)6-12-7-11(3,16)8-14/h9,12,14,16H,4-8H2,1-3H3,(H,13,15). The summed E-state index contributed by atoms with van der Waals surface area (Å²) in [6.45, 7) is 6.42. The van der Waals surface area contributed by atoms with Crippen molar-refractivity contribution in [1.82, 2.24) is 10.6 Å². The summed E-state index contributed by atoms with van der Waals surface area (Å²) in [5.41, 5.74) is -1.17. The fourth-order valence-corrected chi connectivity index (χ4v) is 1.06. The Morgan fingerprint density at radius 2 is 2.06 bits per heavy atom. The van der Waals surface area contributed by atoms with Gasteiger partial charge in [-0.25, -0.2) is 0 Å². The molecule has 0 aliphatic carbocycles. The summed E-state index contributed by atoms with van der Waals surface area (Å²) in [4.78, 5) is 11.3. The molecule has 0 heterocycles. The van der Waals surface area contributed by atoms with Crippen LogP contribution >= 0.6 is 0 Å². The van der Waals surface area contributed by atoms with Gasteiger partial charge in [-0.15, -0.1) is 0 Å². The van der Waals surface area contributed by atoms with E-state index in [0.717, 1.165) is 6.42 Å². The first kappa shape index (κ1) is 15.3. The van der Waals surface area contributed by atoms with Crippen molar-refractivity contribution in [3.8, 4) is 0 Å². The van der Waals surface area contributed by atoms with Crippen LogP contribution in [0.1, 0.15) is 27.2 Å². The predicted molar refractivity (Wildman–Crippen MR) is 63.0 cm³/mol. The smallest absolute Gasteiger partial charge is 0.233 e. The van der Waals surface area contributed by atoms with Gasteiger partial charge in [0.25, 0.3) is 0 Å². The van der Waals surface area contributed by atoms with Crippen LogP contribution in [0.4, 0.5) is 0 Å². The summed E-state index contributed by atoms with van der Waals surface area (Å²) in [5.74, 6) is 0.484. The molecule has 0 aromatic heterocycles. The molecular formula is C11H24N2O3. The number of nitrogens with one attached hydrogen (secondary N) is 2. The van der Waals surface area contributed by atoms with Crippen molar-refractivity contribution in [3.05, 3.63) is 0 Å². The van der Waals surface area contributed by atoms with Crippen LogP contribution in [-0.4, -0.2) is 48.0 Å². The molecule has 5 nitrogen and oxygen atoms in total. The minimum atomic E-state index is -1.17. The highest BCUT2D eigenvalue weighted by Gasteiger charge is 2.18. The largest absolute Gasteiger partial charge is 0.393 e. The quantitative estimate of drug-likeness (QED) is 0.454. The number of carbonyl (C=O) groups is 1. The summed E-state index contributed by atoms with van der Waals surface area (Å²) in [6, 6.07) is 0. The second kappa shape index (κ2) is 7.60. The highest BCUT2D eigenvalue weighted by molar-refractivity contribution is 5.77. The second-order valence-electron chi connectivity index (χ2n) is 4.79. The zero-order chi connectivity index (χ0) is 12.6. The molecular weight excluding hydrogens is 208 g/mol. The van der Waals surface area contributed by atoms with Gasteiger partial charge in [0, 0.05) is 13.1 Å². The van der Waals surface area contributed by atoms with E-state index in [4.69, 9.17) is 5.11 Å². The zero-order valence-electron chi connectivity index (χ0n) is 10.4. The van der Waals surface area contributed by atoms with Gasteiger partial charge >= 0.3 is 0 Å². The summed E-state index contributed by atoms with van der Waals surface area (Å²) in [6.07, 6.45) is 0.958. The average molecular weight is 232 g/mol.